The molecule has 0 radical (unpaired) electrons. The summed E-state index contributed by atoms with van der Waals surface area (Å²) in [5.74, 6) is 0.835. The van der Waals surface area contributed by atoms with E-state index in [9.17, 15) is 10.1 Å². The predicted molar refractivity (Wildman–Crippen MR) is 66.3 cm³/mol. The van der Waals surface area contributed by atoms with Crippen LogP contribution in [-0.2, 0) is 13.5 Å². The number of hydrogen-bond donors (Lipinski definition) is 1. The standard InChI is InChI=1S/C11H13N5O2/c1-15-7-6-13-10(15)4-5-12-9-2-3-11(14-8-9)16(17)18/h2-3,6-8,12H,4-5H2,1H3. The average molecular weight is 247 g/mol. The molecule has 0 aromatic carbocycles. The quantitative estimate of drug-likeness (QED) is 0.637. The molecule has 0 atom stereocenters. The molecule has 1 N–H and O–H groups in total. The number of anilines is 1. The molecular weight excluding hydrogens is 234 g/mol. The zero-order valence-corrected chi connectivity index (χ0v) is 9.91. The Bertz CT molecular complexity index is 535. The summed E-state index contributed by atoms with van der Waals surface area (Å²) in [4.78, 5) is 17.8. The van der Waals surface area contributed by atoms with Crippen LogP contribution in [0.25, 0.3) is 0 Å². The van der Waals surface area contributed by atoms with Gasteiger partial charge in [-0.05, 0) is 16.0 Å². The Morgan fingerprint density at radius 3 is 2.83 bits per heavy atom. The molecule has 0 saturated heterocycles. The van der Waals surface area contributed by atoms with E-state index in [-0.39, 0.29) is 5.82 Å². The van der Waals surface area contributed by atoms with Crippen molar-refractivity contribution in [3.8, 4) is 0 Å². The van der Waals surface area contributed by atoms with E-state index in [1.165, 1.54) is 12.3 Å². The minimum atomic E-state index is -0.516. The predicted octanol–water partition coefficient (Wildman–Crippen LogP) is 1.38. The van der Waals surface area contributed by atoms with Gasteiger partial charge in [0, 0.05) is 38.5 Å². The van der Waals surface area contributed by atoms with E-state index in [1.807, 2.05) is 17.8 Å². The van der Waals surface area contributed by atoms with Gasteiger partial charge in [-0.25, -0.2) is 4.98 Å². The first kappa shape index (κ1) is 12.0. The Balaban J connectivity index is 1.87. The van der Waals surface area contributed by atoms with E-state index in [0.29, 0.717) is 6.54 Å². The van der Waals surface area contributed by atoms with Crippen molar-refractivity contribution in [1.29, 1.82) is 0 Å². The maximum absolute atomic E-state index is 10.4. The van der Waals surface area contributed by atoms with E-state index >= 15 is 0 Å². The number of hydrogen-bond acceptors (Lipinski definition) is 5. The summed E-state index contributed by atoms with van der Waals surface area (Å²) in [6, 6.07) is 3.02. The Labute approximate surface area is 104 Å². The Morgan fingerprint density at radius 2 is 2.28 bits per heavy atom. The molecule has 18 heavy (non-hydrogen) atoms. The molecule has 0 fully saturated rings. The van der Waals surface area contributed by atoms with Gasteiger partial charge in [0.25, 0.3) is 0 Å². The normalized spacial score (nSPS) is 10.3. The minimum Gasteiger partial charge on any atom is -0.382 e. The molecule has 0 aliphatic carbocycles. The number of aryl methyl sites for hydroxylation is 1. The average Bonchev–Trinajstić information content (AvgIpc) is 2.76. The molecule has 0 aliphatic rings. The minimum absolute atomic E-state index is 0.148. The topological polar surface area (TPSA) is 85.9 Å². The van der Waals surface area contributed by atoms with Crippen LogP contribution in [0.2, 0.25) is 0 Å². The van der Waals surface area contributed by atoms with Crippen LogP contribution in [0.5, 0.6) is 0 Å². The molecule has 2 aromatic rings. The number of aromatic nitrogens is 3. The summed E-state index contributed by atoms with van der Waals surface area (Å²) in [5.41, 5.74) is 0.759. The zero-order chi connectivity index (χ0) is 13.0. The van der Waals surface area contributed by atoms with E-state index in [1.54, 1.807) is 12.3 Å². The van der Waals surface area contributed by atoms with Crippen LogP contribution < -0.4 is 5.32 Å². The van der Waals surface area contributed by atoms with E-state index in [4.69, 9.17) is 0 Å². The molecule has 94 valence electrons. The molecule has 2 rings (SSSR count). The van der Waals surface area contributed by atoms with E-state index in [0.717, 1.165) is 17.9 Å². The highest BCUT2D eigenvalue weighted by Gasteiger charge is 2.06. The molecule has 7 heteroatoms. The van der Waals surface area contributed by atoms with Crippen LogP contribution in [0.4, 0.5) is 11.5 Å². The largest absolute Gasteiger partial charge is 0.382 e. The van der Waals surface area contributed by atoms with Crippen molar-refractivity contribution in [3.63, 3.8) is 0 Å². The van der Waals surface area contributed by atoms with Crippen LogP contribution in [0.15, 0.2) is 30.7 Å². The summed E-state index contributed by atoms with van der Waals surface area (Å²) in [7, 11) is 1.94. The highest BCUT2D eigenvalue weighted by atomic mass is 16.6. The lowest BCUT2D eigenvalue weighted by Gasteiger charge is -2.04. The second-order valence-corrected chi connectivity index (χ2v) is 3.79. The highest BCUT2D eigenvalue weighted by Crippen LogP contribution is 2.11. The Morgan fingerprint density at radius 1 is 1.44 bits per heavy atom. The first-order valence-electron chi connectivity index (χ1n) is 5.47. The molecule has 7 nitrogen and oxygen atoms in total. The molecule has 0 saturated carbocycles. The van der Waals surface area contributed by atoms with Gasteiger partial charge >= 0.3 is 5.82 Å². The fourth-order valence-electron chi connectivity index (χ4n) is 1.55. The molecule has 0 unspecified atom stereocenters. The Hall–Kier alpha value is -2.44. The van der Waals surface area contributed by atoms with Gasteiger partial charge in [-0.3, -0.25) is 0 Å². The summed E-state index contributed by atoms with van der Waals surface area (Å²) in [5, 5.41) is 13.6. The lowest BCUT2D eigenvalue weighted by Crippen LogP contribution is -2.08. The summed E-state index contributed by atoms with van der Waals surface area (Å²) in [6.07, 6.45) is 5.88. The maximum Gasteiger partial charge on any atom is 0.363 e. The van der Waals surface area contributed by atoms with Gasteiger partial charge < -0.3 is 20.0 Å². The molecule has 0 amide bonds. The molecule has 0 aliphatic heterocycles. The van der Waals surface area contributed by atoms with Gasteiger partial charge in [0.1, 0.15) is 5.82 Å². The van der Waals surface area contributed by atoms with Gasteiger partial charge in [-0.2, -0.15) is 0 Å². The van der Waals surface area contributed by atoms with Crippen molar-refractivity contribution in [3.05, 3.63) is 46.7 Å². The lowest BCUT2D eigenvalue weighted by atomic mass is 10.3. The first-order chi connectivity index (χ1) is 8.66. The number of nitrogens with zero attached hydrogens (tertiary/aromatic N) is 4. The van der Waals surface area contributed by atoms with Crippen molar-refractivity contribution in [2.45, 2.75) is 6.42 Å². The summed E-state index contributed by atoms with van der Waals surface area (Å²) < 4.78 is 1.95. The van der Waals surface area contributed by atoms with Crippen molar-refractivity contribution in [1.82, 2.24) is 14.5 Å². The van der Waals surface area contributed by atoms with Crippen LogP contribution >= 0.6 is 0 Å². The maximum atomic E-state index is 10.4. The van der Waals surface area contributed by atoms with Crippen molar-refractivity contribution < 1.29 is 4.92 Å². The number of nitrogens with one attached hydrogen (secondary N) is 1. The van der Waals surface area contributed by atoms with Gasteiger partial charge in [0.2, 0.25) is 0 Å². The van der Waals surface area contributed by atoms with Crippen LogP contribution in [0, 0.1) is 10.1 Å². The van der Waals surface area contributed by atoms with Gasteiger partial charge in [0.05, 0.1) is 5.69 Å². The summed E-state index contributed by atoms with van der Waals surface area (Å²) >= 11 is 0. The summed E-state index contributed by atoms with van der Waals surface area (Å²) in [6.45, 7) is 0.699. The van der Waals surface area contributed by atoms with Gasteiger partial charge in [-0.15, -0.1) is 0 Å². The molecule has 2 heterocycles. The highest BCUT2D eigenvalue weighted by molar-refractivity contribution is 5.43. The number of imidazole rings is 1. The van der Waals surface area contributed by atoms with Crippen molar-refractivity contribution in [2.75, 3.05) is 11.9 Å². The van der Waals surface area contributed by atoms with E-state index in [2.05, 4.69) is 15.3 Å². The van der Waals surface area contributed by atoms with Crippen LogP contribution in [0.3, 0.4) is 0 Å². The third kappa shape index (κ3) is 2.82. The molecule has 2 aromatic heterocycles. The zero-order valence-electron chi connectivity index (χ0n) is 9.91. The van der Waals surface area contributed by atoms with Crippen molar-refractivity contribution in [2.24, 2.45) is 7.05 Å². The van der Waals surface area contributed by atoms with E-state index < -0.39 is 4.92 Å². The number of nitro groups is 1. The SMILES string of the molecule is Cn1ccnc1CCNc1ccc([N+](=O)[O-])nc1. The Kier molecular flexibility index (Phi) is 3.52. The monoisotopic (exact) mass is 247 g/mol. The van der Waals surface area contributed by atoms with Crippen molar-refractivity contribution >= 4 is 11.5 Å². The third-order valence-electron chi connectivity index (χ3n) is 2.53. The third-order valence-corrected chi connectivity index (χ3v) is 2.53. The second-order valence-electron chi connectivity index (χ2n) is 3.79. The molecular formula is C11H13N5O2. The fourth-order valence-corrected chi connectivity index (χ4v) is 1.55. The molecule has 0 bridgehead atoms. The fraction of sp³-hybridized carbons (Fsp3) is 0.273. The van der Waals surface area contributed by atoms with Gasteiger partial charge in [-0.1, -0.05) is 0 Å². The van der Waals surface area contributed by atoms with Crippen LogP contribution in [-0.4, -0.2) is 26.0 Å². The van der Waals surface area contributed by atoms with Crippen LogP contribution in [0.1, 0.15) is 5.82 Å². The lowest BCUT2D eigenvalue weighted by molar-refractivity contribution is -0.389. The smallest absolute Gasteiger partial charge is 0.363 e. The van der Waals surface area contributed by atoms with Gasteiger partial charge in [0.15, 0.2) is 6.20 Å². The second kappa shape index (κ2) is 5.26. The number of rotatable bonds is 5. The first-order valence-corrected chi connectivity index (χ1v) is 5.47. The molecule has 0 spiro atoms. The number of pyridine rings is 1.